The first-order chi connectivity index (χ1) is 8.74. The van der Waals surface area contributed by atoms with Gasteiger partial charge in [-0.3, -0.25) is 4.79 Å². The van der Waals surface area contributed by atoms with E-state index in [1.807, 2.05) is 13.8 Å². The summed E-state index contributed by atoms with van der Waals surface area (Å²) in [6.07, 6.45) is 1.96. The fraction of sp³-hybridized carbons (Fsp3) is 0.600. The molecule has 1 aliphatic rings. The van der Waals surface area contributed by atoms with Crippen molar-refractivity contribution < 1.29 is 0 Å². The average molecular weight is 403 g/mol. The summed E-state index contributed by atoms with van der Waals surface area (Å²) >= 11 is 8.18. The highest BCUT2D eigenvalue weighted by atomic mass is 127. The molecule has 0 bridgehead atoms. The first-order valence-electron chi connectivity index (χ1n) is 5.84. The van der Waals surface area contributed by atoms with Crippen LogP contribution in [0.4, 0.5) is 5.69 Å². The third kappa shape index (κ3) is 3.79. The lowest BCUT2D eigenvalue weighted by atomic mass is 10.3. The monoisotopic (exact) mass is 402 g/mol. The van der Waals surface area contributed by atoms with Gasteiger partial charge in [0.2, 0.25) is 0 Å². The van der Waals surface area contributed by atoms with Crippen LogP contribution < -0.4 is 15.8 Å². The maximum Gasteiger partial charge on any atom is 0.291 e. The maximum absolute atomic E-state index is 11.8. The number of halogens is 2. The van der Waals surface area contributed by atoms with Crippen LogP contribution in [0.15, 0.2) is 11.0 Å². The van der Waals surface area contributed by atoms with Crippen molar-refractivity contribution in [3.05, 3.63) is 21.6 Å². The van der Waals surface area contributed by atoms with Crippen molar-refractivity contribution in [2.75, 3.05) is 31.1 Å². The molecular formula is C10H17ClIN4OP. The summed E-state index contributed by atoms with van der Waals surface area (Å²) in [6.45, 7) is 7.54. The van der Waals surface area contributed by atoms with E-state index < -0.39 is 0 Å². The second-order valence-corrected chi connectivity index (χ2v) is 5.80. The number of nitrogens with one attached hydrogen (secondary N) is 1. The molecule has 1 N–H and O–H groups in total. The highest BCUT2D eigenvalue weighted by molar-refractivity contribution is 14.2. The first kappa shape index (κ1) is 16.1. The average Bonchev–Trinajstić information content (AvgIpc) is 2.45. The van der Waals surface area contributed by atoms with Gasteiger partial charge >= 0.3 is 0 Å². The number of hydrogen-bond donors (Lipinski definition) is 1. The molecule has 8 heteroatoms. The SMILES string of the molecule is CC.O=c1c(Cl)c(N2CCNCC2)cnn1PI. The van der Waals surface area contributed by atoms with Crippen molar-refractivity contribution >= 4 is 45.7 Å². The normalized spacial score (nSPS) is 15.7. The Kier molecular flexibility index (Phi) is 7.44. The fourth-order valence-electron chi connectivity index (χ4n) is 1.61. The zero-order chi connectivity index (χ0) is 13.5. The third-order valence-electron chi connectivity index (χ3n) is 2.44. The van der Waals surface area contributed by atoms with Gasteiger partial charge in [0, 0.05) is 26.2 Å². The number of piperazine rings is 1. The summed E-state index contributed by atoms with van der Waals surface area (Å²) in [4.78, 5) is 13.9. The van der Waals surface area contributed by atoms with Gasteiger partial charge in [-0.1, -0.05) is 25.4 Å². The smallest absolute Gasteiger partial charge is 0.291 e. The Labute approximate surface area is 127 Å². The molecule has 0 radical (unpaired) electrons. The van der Waals surface area contributed by atoms with Crippen LogP contribution in [0.2, 0.25) is 5.02 Å². The van der Waals surface area contributed by atoms with Gasteiger partial charge in [0.25, 0.3) is 5.56 Å². The van der Waals surface area contributed by atoms with Crippen molar-refractivity contribution in [2.45, 2.75) is 13.8 Å². The standard InChI is InChI=1S/C8H11ClIN4OP.C2H6/c9-7-6(13-3-1-11-2-4-13)5-12-14(16-10)8(7)15;1-2/h5,11,16H,1-4H2;1-2H3. The summed E-state index contributed by atoms with van der Waals surface area (Å²) in [5.41, 5.74) is 0.546. The zero-order valence-corrected chi connectivity index (χ0v) is 14.3. The third-order valence-corrected chi connectivity index (χ3v) is 4.64. The van der Waals surface area contributed by atoms with Crippen LogP contribution in [-0.4, -0.2) is 35.7 Å². The van der Waals surface area contributed by atoms with E-state index in [-0.39, 0.29) is 17.0 Å². The summed E-state index contributed by atoms with van der Waals surface area (Å²) in [7, 11) is 0. The van der Waals surface area contributed by atoms with Crippen molar-refractivity contribution in [1.29, 1.82) is 0 Å². The lowest BCUT2D eigenvalue weighted by Crippen LogP contribution is -2.44. The van der Waals surface area contributed by atoms with E-state index >= 15 is 0 Å². The molecule has 2 heterocycles. The van der Waals surface area contributed by atoms with Crippen molar-refractivity contribution in [3.63, 3.8) is 0 Å². The molecule has 0 amide bonds. The molecule has 18 heavy (non-hydrogen) atoms. The Morgan fingerprint density at radius 3 is 2.61 bits per heavy atom. The van der Waals surface area contributed by atoms with E-state index in [1.165, 1.54) is 4.45 Å². The van der Waals surface area contributed by atoms with E-state index in [0.717, 1.165) is 31.9 Å². The van der Waals surface area contributed by atoms with Crippen molar-refractivity contribution in [2.24, 2.45) is 0 Å². The van der Waals surface area contributed by atoms with E-state index in [4.69, 9.17) is 11.6 Å². The minimum absolute atomic E-state index is 0.203. The van der Waals surface area contributed by atoms with Crippen molar-refractivity contribution in [3.8, 4) is 0 Å². The highest BCUT2D eigenvalue weighted by Gasteiger charge is 2.16. The van der Waals surface area contributed by atoms with Crippen LogP contribution in [-0.2, 0) is 0 Å². The molecule has 1 fully saturated rings. The second-order valence-electron chi connectivity index (χ2n) is 3.38. The summed E-state index contributed by atoms with van der Waals surface area (Å²) < 4.78 is 1.38. The van der Waals surface area contributed by atoms with Gasteiger partial charge in [-0.05, 0) is 22.0 Å². The van der Waals surface area contributed by atoms with Gasteiger partial charge in [0.05, 0.1) is 18.3 Å². The number of hydrogen-bond acceptors (Lipinski definition) is 4. The van der Waals surface area contributed by atoms with E-state index in [1.54, 1.807) is 6.20 Å². The predicted molar refractivity (Wildman–Crippen MR) is 87.7 cm³/mol. The Balaban J connectivity index is 0.000000771. The molecule has 1 aromatic heterocycles. The Bertz CT molecular complexity index is 436. The van der Waals surface area contributed by atoms with Crippen LogP contribution in [0.1, 0.15) is 13.8 Å². The molecule has 0 saturated carbocycles. The minimum atomic E-state index is -0.203. The molecule has 1 unspecified atom stereocenters. The summed E-state index contributed by atoms with van der Waals surface area (Å²) in [5, 5.41) is 7.63. The largest absolute Gasteiger partial charge is 0.366 e. The van der Waals surface area contributed by atoms with Crippen LogP contribution >= 0.6 is 40.0 Å². The number of nitrogens with zero attached hydrogens (tertiary/aromatic N) is 3. The number of anilines is 1. The zero-order valence-electron chi connectivity index (χ0n) is 10.4. The lowest BCUT2D eigenvalue weighted by Gasteiger charge is -2.29. The van der Waals surface area contributed by atoms with Gasteiger partial charge in [-0.15, -0.1) is 0 Å². The van der Waals surface area contributed by atoms with Crippen molar-refractivity contribution in [1.82, 2.24) is 14.9 Å². The molecule has 0 aliphatic carbocycles. The molecule has 1 atom stereocenters. The van der Waals surface area contributed by atoms with E-state index in [9.17, 15) is 4.79 Å². The molecule has 102 valence electrons. The highest BCUT2D eigenvalue weighted by Crippen LogP contribution is 2.25. The summed E-state index contributed by atoms with van der Waals surface area (Å²) in [5.74, 6) is 0. The van der Waals surface area contributed by atoms with Gasteiger partial charge in [-0.2, -0.15) is 5.10 Å². The van der Waals surface area contributed by atoms with E-state index in [2.05, 4.69) is 37.4 Å². The molecule has 2 rings (SSSR count). The first-order valence-corrected chi connectivity index (χ1v) is 10.3. The molecule has 1 aliphatic heterocycles. The predicted octanol–water partition coefficient (Wildman–Crippen LogP) is 2.12. The molecule has 0 aromatic carbocycles. The Morgan fingerprint density at radius 2 is 2.06 bits per heavy atom. The van der Waals surface area contributed by atoms with Crippen LogP contribution in [0, 0.1) is 0 Å². The molecular weight excluding hydrogens is 385 g/mol. The Hall–Kier alpha value is 0.0900. The van der Waals surface area contributed by atoms with E-state index in [0.29, 0.717) is 0 Å². The second kappa shape index (κ2) is 8.30. The van der Waals surface area contributed by atoms with Gasteiger partial charge < -0.3 is 10.2 Å². The number of aromatic nitrogens is 2. The van der Waals surface area contributed by atoms with Crippen LogP contribution in [0.5, 0.6) is 0 Å². The summed E-state index contributed by atoms with van der Waals surface area (Å²) in [6, 6.07) is 0. The van der Waals surface area contributed by atoms with Gasteiger partial charge in [0.1, 0.15) is 5.02 Å². The van der Waals surface area contributed by atoms with Gasteiger partial charge in [0.15, 0.2) is 0 Å². The molecule has 1 aromatic rings. The molecule has 0 spiro atoms. The lowest BCUT2D eigenvalue weighted by molar-refractivity contribution is 0.587. The van der Waals surface area contributed by atoms with Crippen LogP contribution in [0.25, 0.3) is 0 Å². The number of rotatable bonds is 2. The Morgan fingerprint density at radius 1 is 1.44 bits per heavy atom. The molecule has 5 nitrogen and oxygen atoms in total. The van der Waals surface area contributed by atoms with Gasteiger partial charge in [-0.25, -0.2) is 4.45 Å². The molecule has 1 saturated heterocycles. The minimum Gasteiger partial charge on any atom is -0.366 e. The quantitative estimate of drug-likeness (QED) is 0.608. The maximum atomic E-state index is 11.8. The fourth-order valence-corrected chi connectivity index (χ4v) is 3.25. The topological polar surface area (TPSA) is 50.2 Å². The van der Waals surface area contributed by atoms with Crippen LogP contribution in [0.3, 0.4) is 0 Å².